The number of rotatable bonds is 5. The maximum absolute atomic E-state index is 13.7. The second kappa shape index (κ2) is 9.24. The Balaban J connectivity index is 1.93. The molecule has 35 heavy (non-hydrogen) atoms. The molecule has 0 bridgehead atoms. The monoisotopic (exact) mass is 558 g/mol. The Hall–Kier alpha value is -2.39. The lowest BCUT2D eigenvalue weighted by atomic mass is 9.99. The normalized spacial score (nSPS) is 17.6. The number of carbonyl (C=O) groups is 1. The van der Waals surface area contributed by atoms with Crippen LogP contribution < -0.4 is 16.3 Å². The minimum absolute atomic E-state index is 0.136. The maximum Gasteiger partial charge on any atom is 0.447 e. The average molecular weight is 560 g/mol. The van der Waals surface area contributed by atoms with Crippen LogP contribution in [-0.2, 0) is 0 Å². The van der Waals surface area contributed by atoms with Gasteiger partial charge in [0.25, 0.3) is 0 Å². The van der Waals surface area contributed by atoms with Gasteiger partial charge in [-0.2, -0.15) is 4.57 Å². The van der Waals surface area contributed by atoms with Gasteiger partial charge < -0.3 is 9.42 Å². The molecule has 0 aliphatic carbocycles. The highest BCUT2D eigenvalue weighted by Crippen LogP contribution is 2.43. The van der Waals surface area contributed by atoms with E-state index in [4.69, 9.17) is 50.9 Å². The van der Waals surface area contributed by atoms with E-state index in [-0.39, 0.29) is 32.7 Å². The highest BCUT2D eigenvalue weighted by atomic mass is 35.5. The van der Waals surface area contributed by atoms with Crippen molar-refractivity contribution in [1.82, 2.24) is 14.2 Å². The van der Waals surface area contributed by atoms with E-state index in [1.165, 1.54) is 29.2 Å². The zero-order valence-corrected chi connectivity index (χ0v) is 22.3. The molecule has 2 amide bonds. The minimum atomic E-state index is -1.02. The Morgan fingerprint density at radius 3 is 1.97 bits per heavy atom. The number of halogens is 4. The second-order valence-electron chi connectivity index (χ2n) is 9.18. The van der Waals surface area contributed by atoms with Crippen LogP contribution in [-0.4, -0.2) is 32.3 Å². The predicted molar refractivity (Wildman–Crippen MR) is 138 cm³/mol. The molecule has 186 valence electrons. The molecule has 2 aromatic carbocycles. The van der Waals surface area contributed by atoms with Crippen LogP contribution in [0.1, 0.15) is 33.9 Å². The van der Waals surface area contributed by atoms with Crippen LogP contribution >= 0.6 is 46.4 Å². The number of benzene rings is 2. The number of nitrogens with zero attached hydrogens (tertiary/aromatic N) is 4. The van der Waals surface area contributed by atoms with Gasteiger partial charge in [-0.15, -0.1) is 4.74 Å². The van der Waals surface area contributed by atoms with Crippen LogP contribution in [0.15, 0.2) is 50.5 Å². The van der Waals surface area contributed by atoms with Crippen molar-refractivity contribution in [2.24, 2.45) is 5.92 Å². The number of aromatic nitrogens is 2. The molecule has 0 unspecified atom stereocenters. The zero-order valence-electron chi connectivity index (χ0n) is 19.3. The van der Waals surface area contributed by atoms with Crippen LogP contribution in [0.4, 0.5) is 10.5 Å². The van der Waals surface area contributed by atoms with Crippen molar-refractivity contribution in [3.63, 3.8) is 0 Å². The van der Waals surface area contributed by atoms with E-state index < -0.39 is 23.2 Å². The van der Waals surface area contributed by atoms with Crippen molar-refractivity contribution in [1.29, 1.82) is 0 Å². The molecular weight excluding hydrogens is 538 g/mol. The Bertz CT molecular complexity index is 1430. The fourth-order valence-electron chi connectivity index (χ4n) is 4.23. The van der Waals surface area contributed by atoms with Gasteiger partial charge >= 0.3 is 17.5 Å². The van der Waals surface area contributed by atoms with Gasteiger partial charge in [0.15, 0.2) is 6.17 Å². The summed E-state index contributed by atoms with van der Waals surface area (Å²) in [5.74, 6) is -0.801. The van der Waals surface area contributed by atoms with E-state index in [1.807, 2.05) is 13.8 Å². The first kappa shape index (κ1) is 25.7. The minimum Gasteiger partial charge on any atom is -0.315 e. The van der Waals surface area contributed by atoms with Gasteiger partial charge in [-0.3, -0.25) is 4.90 Å². The zero-order chi connectivity index (χ0) is 25.8. The van der Waals surface area contributed by atoms with E-state index in [0.717, 1.165) is 9.31 Å². The van der Waals surface area contributed by atoms with Gasteiger partial charge in [0.05, 0.1) is 31.3 Å². The largest absolute Gasteiger partial charge is 0.447 e. The maximum atomic E-state index is 13.7. The molecule has 1 aliphatic heterocycles. The SMILES string of the molecule is CC(C)CN1C(=O)N(c2ccc(Cl)c(Cl)c2)[C@H](n2oc(=O)n(-c3ccc(Cl)c(Cl)c3)c2=O)C1(C)C. The number of hydrogen-bond donors (Lipinski definition) is 0. The Labute approximate surface area is 221 Å². The van der Waals surface area contributed by atoms with Crippen LogP contribution in [0, 0.1) is 5.92 Å². The third kappa shape index (κ3) is 4.37. The first-order valence-electron chi connectivity index (χ1n) is 10.7. The summed E-state index contributed by atoms with van der Waals surface area (Å²) in [4.78, 5) is 43.1. The van der Waals surface area contributed by atoms with Crippen molar-refractivity contribution < 1.29 is 9.32 Å². The van der Waals surface area contributed by atoms with Gasteiger partial charge in [0.1, 0.15) is 0 Å². The summed E-state index contributed by atoms with van der Waals surface area (Å²) in [6.07, 6.45) is -1.02. The van der Waals surface area contributed by atoms with E-state index in [2.05, 4.69) is 0 Å². The molecule has 1 aromatic heterocycles. The number of carbonyl (C=O) groups excluding carboxylic acids is 1. The standard InChI is InChI=1S/C23H22Cl4N4O4/c1-12(2)11-28-20(32)29(13-5-7-15(24)17(26)9-13)19(23(28,3)4)31-21(33)30(22(34)35-31)14-6-8-16(25)18(27)10-14/h5-10,12,19H,11H2,1-4H3/t19-/m1/s1. The lowest BCUT2D eigenvalue weighted by Crippen LogP contribution is -2.48. The summed E-state index contributed by atoms with van der Waals surface area (Å²) in [5, 5.41) is 0.981. The summed E-state index contributed by atoms with van der Waals surface area (Å²) in [7, 11) is 0. The molecule has 0 saturated carbocycles. The molecule has 12 heteroatoms. The third-order valence-electron chi connectivity index (χ3n) is 5.86. The summed E-state index contributed by atoms with van der Waals surface area (Å²) in [6, 6.07) is 8.67. The highest BCUT2D eigenvalue weighted by molar-refractivity contribution is 6.42. The summed E-state index contributed by atoms with van der Waals surface area (Å²) < 4.78 is 7.20. The van der Waals surface area contributed by atoms with E-state index in [0.29, 0.717) is 17.3 Å². The molecule has 4 rings (SSSR count). The number of hydrogen-bond acceptors (Lipinski definition) is 4. The van der Waals surface area contributed by atoms with Crippen molar-refractivity contribution in [2.75, 3.05) is 11.4 Å². The van der Waals surface area contributed by atoms with Crippen LogP contribution in [0.2, 0.25) is 20.1 Å². The molecule has 1 fully saturated rings. The van der Waals surface area contributed by atoms with Gasteiger partial charge in [-0.25, -0.2) is 14.4 Å². The average Bonchev–Trinajstić information content (AvgIpc) is 3.16. The molecule has 1 aliphatic rings. The summed E-state index contributed by atoms with van der Waals surface area (Å²) >= 11 is 24.4. The molecule has 0 radical (unpaired) electrons. The topological polar surface area (TPSA) is 80.7 Å². The lowest BCUT2D eigenvalue weighted by Gasteiger charge is -2.34. The molecule has 3 aromatic rings. The highest BCUT2D eigenvalue weighted by Gasteiger charge is 2.55. The smallest absolute Gasteiger partial charge is 0.315 e. The van der Waals surface area contributed by atoms with Crippen LogP contribution in [0.5, 0.6) is 0 Å². The summed E-state index contributed by atoms with van der Waals surface area (Å²) in [5.41, 5.74) is -1.17. The molecule has 0 N–H and O–H groups in total. The Morgan fingerprint density at radius 2 is 1.43 bits per heavy atom. The first-order valence-corrected chi connectivity index (χ1v) is 12.2. The number of amides is 2. The molecule has 1 saturated heterocycles. The van der Waals surface area contributed by atoms with E-state index in [1.54, 1.807) is 30.9 Å². The van der Waals surface area contributed by atoms with Crippen molar-refractivity contribution in [2.45, 2.75) is 39.4 Å². The number of anilines is 1. The Kier molecular flexibility index (Phi) is 6.79. The van der Waals surface area contributed by atoms with Gasteiger partial charge in [-0.1, -0.05) is 60.3 Å². The molecule has 8 nitrogen and oxygen atoms in total. The van der Waals surface area contributed by atoms with Crippen molar-refractivity contribution in [3.05, 3.63) is 77.5 Å². The van der Waals surface area contributed by atoms with E-state index in [9.17, 15) is 14.4 Å². The lowest BCUT2D eigenvalue weighted by molar-refractivity contribution is 0.0905. The van der Waals surface area contributed by atoms with E-state index >= 15 is 0 Å². The fourth-order valence-corrected chi connectivity index (χ4v) is 4.81. The van der Waals surface area contributed by atoms with Crippen LogP contribution in [0.25, 0.3) is 5.69 Å². The Morgan fingerprint density at radius 1 is 0.886 bits per heavy atom. The second-order valence-corrected chi connectivity index (χ2v) is 10.8. The van der Waals surface area contributed by atoms with Gasteiger partial charge in [-0.05, 0) is 56.2 Å². The van der Waals surface area contributed by atoms with Crippen molar-refractivity contribution in [3.8, 4) is 5.69 Å². The quantitative estimate of drug-likeness (QED) is 0.379. The molecule has 1 atom stereocenters. The predicted octanol–water partition coefficient (Wildman–Crippen LogP) is 6.08. The van der Waals surface area contributed by atoms with Crippen molar-refractivity contribution >= 4 is 58.1 Å². The third-order valence-corrected chi connectivity index (χ3v) is 7.34. The molecule has 0 spiro atoms. The summed E-state index contributed by atoms with van der Waals surface area (Å²) in [6.45, 7) is 7.98. The fraction of sp³-hybridized carbons (Fsp3) is 0.348. The number of urea groups is 1. The van der Waals surface area contributed by atoms with Crippen LogP contribution in [0.3, 0.4) is 0 Å². The van der Waals surface area contributed by atoms with Gasteiger partial charge in [0.2, 0.25) is 0 Å². The molecule has 2 heterocycles. The molecular formula is C23H22Cl4N4O4. The van der Waals surface area contributed by atoms with Gasteiger partial charge in [0, 0.05) is 12.2 Å². The first-order chi connectivity index (χ1) is 16.3.